The lowest BCUT2D eigenvalue weighted by atomic mass is 10.1. The van der Waals surface area contributed by atoms with Crippen molar-refractivity contribution in [1.29, 1.82) is 0 Å². The number of hydrogen-bond donors (Lipinski definition) is 2. The molecule has 1 atom stereocenters. The van der Waals surface area contributed by atoms with Gasteiger partial charge in [-0.15, -0.1) is 0 Å². The van der Waals surface area contributed by atoms with Gasteiger partial charge in [0.05, 0.1) is 18.9 Å². The first-order valence-corrected chi connectivity index (χ1v) is 9.35. The third-order valence-corrected chi connectivity index (χ3v) is 5.38. The quantitative estimate of drug-likeness (QED) is 0.849. The van der Waals surface area contributed by atoms with E-state index in [9.17, 15) is 9.90 Å². The Morgan fingerprint density at radius 3 is 2.56 bits per heavy atom. The normalized spacial score (nSPS) is 20.4. The van der Waals surface area contributed by atoms with Gasteiger partial charge in [0.15, 0.2) is 0 Å². The van der Waals surface area contributed by atoms with E-state index in [1.165, 1.54) is 0 Å². The number of β-amino-alcohol motifs (C(OH)–C–C–N with tert-alkyl or cyclic N) is 1. The number of carbonyl (C=O) groups is 1. The van der Waals surface area contributed by atoms with Crippen molar-refractivity contribution in [2.75, 3.05) is 38.6 Å². The number of methoxy groups -OCH3 is 1. The summed E-state index contributed by atoms with van der Waals surface area (Å²) in [7, 11) is 1.65. The van der Waals surface area contributed by atoms with Gasteiger partial charge in [-0.05, 0) is 42.8 Å². The molecule has 0 aromatic heterocycles. The number of aliphatic hydroxyl groups excluding tert-OH is 1. The van der Waals surface area contributed by atoms with Gasteiger partial charge < -0.3 is 20.1 Å². The van der Waals surface area contributed by atoms with Crippen LogP contribution in [-0.4, -0.2) is 66.2 Å². The van der Waals surface area contributed by atoms with Crippen LogP contribution in [0.2, 0.25) is 0 Å². The maximum absolute atomic E-state index is 12.8. The van der Waals surface area contributed by atoms with Crippen LogP contribution in [0.4, 0.5) is 11.4 Å². The molecule has 4 rings (SSSR count). The first-order chi connectivity index (χ1) is 13.1. The molecule has 2 aromatic carbocycles. The van der Waals surface area contributed by atoms with Crippen molar-refractivity contribution in [2.45, 2.75) is 18.6 Å². The lowest BCUT2D eigenvalue weighted by Crippen LogP contribution is -2.56. The van der Waals surface area contributed by atoms with Gasteiger partial charge in [-0.25, -0.2) is 0 Å². The predicted molar refractivity (Wildman–Crippen MR) is 105 cm³/mol. The highest BCUT2D eigenvalue weighted by molar-refractivity contribution is 5.94. The van der Waals surface area contributed by atoms with Crippen molar-refractivity contribution in [3.63, 3.8) is 0 Å². The van der Waals surface area contributed by atoms with Crippen molar-refractivity contribution >= 4 is 17.3 Å². The fourth-order valence-electron chi connectivity index (χ4n) is 3.79. The summed E-state index contributed by atoms with van der Waals surface area (Å²) in [4.78, 5) is 17.0. The number of amides is 1. The number of anilines is 2. The first kappa shape index (κ1) is 17.8. The van der Waals surface area contributed by atoms with Gasteiger partial charge in [-0.3, -0.25) is 9.69 Å². The van der Waals surface area contributed by atoms with E-state index in [1.54, 1.807) is 7.11 Å². The van der Waals surface area contributed by atoms with Crippen LogP contribution in [0, 0.1) is 0 Å². The Balaban J connectivity index is 1.38. The fraction of sp³-hybridized carbons (Fsp3) is 0.381. The molecule has 1 amide bonds. The molecule has 2 N–H and O–H groups in total. The van der Waals surface area contributed by atoms with Crippen LogP contribution in [-0.2, 0) is 0 Å². The Hall–Kier alpha value is -2.57. The number of ether oxygens (including phenoxy) is 1. The third-order valence-electron chi connectivity index (χ3n) is 5.38. The molecule has 6 nitrogen and oxygen atoms in total. The molecule has 0 radical (unpaired) electrons. The molecule has 2 aromatic rings. The SMILES string of the molecule is COc1ccccc1Nc1ccc(C(=O)N2CCC(N3CC(O)C3)C2)cc1. The summed E-state index contributed by atoms with van der Waals surface area (Å²) in [5.74, 6) is 0.847. The second-order valence-corrected chi connectivity index (χ2v) is 7.20. The molecular weight excluding hydrogens is 342 g/mol. The largest absolute Gasteiger partial charge is 0.495 e. The zero-order valence-electron chi connectivity index (χ0n) is 15.5. The van der Waals surface area contributed by atoms with E-state index < -0.39 is 0 Å². The Labute approximate surface area is 159 Å². The summed E-state index contributed by atoms with van der Waals surface area (Å²) < 4.78 is 5.35. The first-order valence-electron chi connectivity index (χ1n) is 9.35. The topological polar surface area (TPSA) is 65.0 Å². The smallest absolute Gasteiger partial charge is 0.253 e. The molecular formula is C21H25N3O3. The van der Waals surface area contributed by atoms with E-state index in [0.29, 0.717) is 11.6 Å². The Bertz CT molecular complexity index is 803. The van der Waals surface area contributed by atoms with Crippen LogP contribution in [0.1, 0.15) is 16.8 Å². The Kier molecular flexibility index (Phi) is 5.01. The van der Waals surface area contributed by atoms with Gasteiger partial charge in [0.25, 0.3) is 5.91 Å². The molecule has 2 fully saturated rings. The van der Waals surface area contributed by atoms with Crippen LogP contribution >= 0.6 is 0 Å². The van der Waals surface area contributed by atoms with E-state index in [-0.39, 0.29) is 12.0 Å². The summed E-state index contributed by atoms with van der Waals surface area (Å²) in [5, 5.41) is 12.8. The minimum atomic E-state index is -0.196. The summed E-state index contributed by atoms with van der Waals surface area (Å²) in [6, 6.07) is 15.7. The van der Waals surface area contributed by atoms with E-state index in [0.717, 1.165) is 49.7 Å². The lowest BCUT2D eigenvalue weighted by Gasteiger charge is -2.40. The third kappa shape index (κ3) is 3.77. The van der Waals surface area contributed by atoms with E-state index in [4.69, 9.17) is 4.74 Å². The minimum Gasteiger partial charge on any atom is -0.495 e. The second kappa shape index (κ2) is 7.58. The molecule has 2 aliphatic heterocycles. The molecule has 1 unspecified atom stereocenters. The molecule has 27 heavy (non-hydrogen) atoms. The van der Waals surface area contributed by atoms with Crippen molar-refractivity contribution in [2.24, 2.45) is 0 Å². The van der Waals surface area contributed by atoms with E-state index in [1.807, 2.05) is 53.4 Å². The lowest BCUT2D eigenvalue weighted by molar-refractivity contribution is -0.0217. The molecule has 0 saturated carbocycles. The van der Waals surface area contributed by atoms with Gasteiger partial charge in [0.1, 0.15) is 5.75 Å². The van der Waals surface area contributed by atoms with Crippen LogP contribution < -0.4 is 10.1 Å². The van der Waals surface area contributed by atoms with Crippen molar-refractivity contribution in [3.8, 4) is 5.75 Å². The molecule has 6 heteroatoms. The minimum absolute atomic E-state index is 0.0717. The summed E-state index contributed by atoms with van der Waals surface area (Å²) >= 11 is 0. The van der Waals surface area contributed by atoms with Gasteiger partial charge in [-0.2, -0.15) is 0 Å². The number of nitrogens with one attached hydrogen (secondary N) is 1. The zero-order chi connectivity index (χ0) is 18.8. The Morgan fingerprint density at radius 1 is 1.11 bits per heavy atom. The van der Waals surface area contributed by atoms with Crippen LogP contribution in [0.25, 0.3) is 0 Å². The van der Waals surface area contributed by atoms with Crippen molar-refractivity contribution in [1.82, 2.24) is 9.80 Å². The van der Waals surface area contributed by atoms with Gasteiger partial charge in [0, 0.05) is 43.5 Å². The number of hydrogen-bond acceptors (Lipinski definition) is 5. The fourth-order valence-corrected chi connectivity index (χ4v) is 3.79. The summed E-state index contributed by atoms with van der Waals surface area (Å²) in [6.07, 6.45) is 0.782. The average Bonchev–Trinajstić information content (AvgIpc) is 3.15. The maximum atomic E-state index is 12.8. The Morgan fingerprint density at radius 2 is 1.85 bits per heavy atom. The summed E-state index contributed by atoms with van der Waals surface area (Å²) in [5.41, 5.74) is 2.49. The summed E-state index contributed by atoms with van der Waals surface area (Å²) in [6.45, 7) is 2.98. The molecule has 142 valence electrons. The number of para-hydroxylation sites is 2. The second-order valence-electron chi connectivity index (χ2n) is 7.20. The van der Waals surface area contributed by atoms with Crippen LogP contribution in [0.15, 0.2) is 48.5 Å². The van der Waals surface area contributed by atoms with Gasteiger partial charge in [-0.1, -0.05) is 12.1 Å². The molecule has 2 aliphatic rings. The maximum Gasteiger partial charge on any atom is 0.253 e. The van der Waals surface area contributed by atoms with Crippen LogP contribution in [0.3, 0.4) is 0 Å². The highest BCUT2D eigenvalue weighted by Crippen LogP contribution is 2.27. The molecule has 0 spiro atoms. The molecule has 0 aliphatic carbocycles. The highest BCUT2D eigenvalue weighted by Gasteiger charge is 2.36. The van der Waals surface area contributed by atoms with E-state index >= 15 is 0 Å². The molecule has 2 heterocycles. The number of likely N-dealkylation sites (tertiary alicyclic amines) is 2. The van der Waals surface area contributed by atoms with Gasteiger partial charge >= 0.3 is 0 Å². The van der Waals surface area contributed by atoms with Crippen molar-refractivity contribution in [3.05, 3.63) is 54.1 Å². The average molecular weight is 367 g/mol. The zero-order valence-corrected chi connectivity index (χ0v) is 15.5. The molecule has 2 saturated heterocycles. The highest BCUT2D eigenvalue weighted by atomic mass is 16.5. The van der Waals surface area contributed by atoms with Crippen molar-refractivity contribution < 1.29 is 14.6 Å². The predicted octanol–water partition coefficient (Wildman–Crippen LogP) is 2.33. The number of benzene rings is 2. The van der Waals surface area contributed by atoms with Gasteiger partial charge in [0.2, 0.25) is 0 Å². The van der Waals surface area contributed by atoms with E-state index in [2.05, 4.69) is 10.2 Å². The number of aliphatic hydroxyl groups is 1. The number of nitrogens with zero attached hydrogens (tertiary/aromatic N) is 2. The monoisotopic (exact) mass is 367 g/mol. The number of carbonyl (C=O) groups excluding carboxylic acids is 1. The standard InChI is InChI=1S/C21H25N3O3/c1-27-20-5-3-2-4-19(20)22-16-8-6-15(7-9-16)21(26)23-11-10-17(12-23)24-13-18(25)14-24/h2-9,17-18,22,25H,10-14H2,1H3. The van der Waals surface area contributed by atoms with Crippen LogP contribution in [0.5, 0.6) is 5.75 Å². The number of rotatable bonds is 5. The molecule has 0 bridgehead atoms.